The molecule has 0 heterocycles. The molecule has 0 bridgehead atoms. The van der Waals surface area contributed by atoms with Crippen LogP contribution in [0.4, 0.5) is 0 Å². The molecule has 0 saturated carbocycles. The van der Waals surface area contributed by atoms with Gasteiger partial charge in [-0.25, -0.2) is 0 Å². The van der Waals surface area contributed by atoms with Crippen LogP contribution in [-0.4, -0.2) is 0 Å². The highest BCUT2D eigenvalue weighted by Crippen LogP contribution is 2.55. The second-order valence-electron chi connectivity index (χ2n) is 13.2. The summed E-state index contributed by atoms with van der Waals surface area (Å²) >= 11 is 0. The van der Waals surface area contributed by atoms with Crippen LogP contribution in [0.1, 0.15) is 47.2 Å². The fraction of sp³-hybridized carbons (Fsp3) is 0.0385. The monoisotopic (exact) mass is 664 g/mol. The van der Waals surface area contributed by atoms with Crippen molar-refractivity contribution in [1.82, 2.24) is 0 Å². The van der Waals surface area contributed by atoms with Gasteiger partial charge in [0.05, 0.1) is 0 Å². The Hall–Kier alpha value is -6.50. The zero-order chi connectivity index (χ0) is 35.9. The Bertz CT molecular complexity index is 2590. The molecule has 0 atom stereocenters. The van der Waals surface area contributed by atoms with Crippen LogP contribution >= 0.6 is 0 Å². The Morgan fingerprint density at radius 1 is 0.519 bits per heavy atom. The van der Waals surface area contributed by atoms with Gasteiger partial charge in [0.1, 0.15) is 0 Å². The van der Waals surface area contributed by atoms with E-state index in [9.17, 15) is 0 Å². The highest BCUT2D eigenvalue weighted by atomic mass is 14.4. The smallest absolute Gasteiger partial charge is 0.000775 e. The molecule has 6 aromatic carbocycles. The Balaban J connectivity index is 1.40. The van der Waals surface area contributed by atoms with Gasteiger partial charge in [-0.1, -0.05) is 178 Å². The molecule has 0 fully saturated rings. The van der Waals surface area contributed by atoms with Gasteiger partial charge in [-0.2, -0.15) is 0 Å². The van der Waals surface area contributed by atoms with Gasteiger partial charge in [0, 0.05) is 0 Å². The number of benzene rings is 6. The van der Waals surface area contributed by atoms with Crippen LogP contribution < -0.4 is 0 Å². The summed E-state index contributed by atoms with van der Waals surface area (Å²) in [6, 6.07) is 40.0. The molecule has 8 rings (SSSR count). The summed E-state index contributed by atoms with van der Waals surface area (Å²) in [6.45, 7) is 20.8. The van der Waals surface area contributed by atoms with Gasteiger partial charge in [0.15, 0.2) is 0 Å². The molecule has 52 heavy (non-hydrogen) atoms. The maximum atomic E-state index is 4.21. The predicted octanol–water partition coefficient (Wildman–Crippen LogP) is 14.7. The molecular weight excluding hydrogens is 625 g/mol. The molecule has 0 radical (unpaired) electrons. The third-order valence-electron chi connectivity index (χ3n) is 10.6. The van der Waals surface area contributed by atoms with Crippen molar-refractivity contribution in [3.8, 4) is 44.5 Å². The summed E-state index contributed by atoms with van der Waals surface area (Å²) in [4.78, 5) is 0. The Morgan fingerprint density at radius 3 is 1.83 bits per heavy atom. The van der Waals surface area contributed by atoms with Crippen LogP contribution in [-0.2, 0) is 0 Å². The minimum Gasteiger partial charge on any atom is -0.0990 e. The molecule has 0 nitrogen and oxygen atoms in total. The molecule has 0 unspecified atom stereocenters. The van der Waals surface area contributed by atoms with Crippen molar-refractivity contribution in [1.29, 1.82) is 0 Å². The van der Waals surface area contributed by atoms with E-state index in [4.69, 9.17) is 0 Å². The van der Waals surface area contributed by atoms with E-state index in [1.807, 2.05) is 24.3 Å². The SMILES string of the molecule is C=C/C=C(\C=C/C)c1cc(-c2ccc(-c3ccc4c5c(cccc35)C(C=C)=C4C=C)cc2)c(-c2ccccc2)c2c1/C(=C/C)c1c(C=C)cccc1-2. The lowest BCUT2D eigenvalue weighted by Gasteiger charge is -2.21. The fourth-order valence-electron chi connectivity index (χ4n) is 8.46. The molecule has 2 aliphatic rings. The Labute approximate surface area is 307 Å². The second-order valence-corrected chi connectivity index (χ2v) is 13.2. The molecule has 2 aliphatic carbocycles. The molecule has 0 spiro atoms. The van der Waals surface area contributed by atoms with Crippen LogP contribution in [0.3, 0.4) is 0 Å². The molecular formula is C52H40. The van der Waals surface area contributed by atoms with Crippen LogP contribution in [0.2, 0.25) is 0 Å². The maximum absolute atomic E-state index is 4.21. The quantitative estimate of drug-likeness (QED) is 0.135. The normalized spacial score (nSPS) is 13.9. The molecule has 0 saturated heterocycles. The molecule has 0 N–H and O–H groups in total. The number of hydrogen-bond acceptors (Lipinski definition) is 0. The number of fused-ring (bicyclic) bond motifs is 3. The van der Waals surface area contributed by atoms with Gasteiger partial charge in [-0.15, -0.1) is 0 Å². The minimum atomic E-state index is 1.12. The number of rotatable bonds is 9. The highest BCUT2D eigenvalue weighted by Gasteiger charge is 2.33. The van der Waals surface area contributed by atoms with E-state index in [0.29, 0.717) is 0 Å². The molecule has 248 valence electrons. The Morgan fingerprint density at radius 2 is 1.17 bits per heavy atom. The second kappa shape index (κ2) is 13.3. The van der Waals surface area contributed by atoms with E-state index in [1.165, 1.54) is 83.1 Å². The van der Waals surface area contributed by atoms with E-state index >= 15 is 0 Å². The first-order valence-corrected chi connectivity index (χ1v) is 17.9. The molecule has 0 heteroatoms. The van der Waals surface area contributed by atoms with Gasteiger partial charge < -0.3 is 0 Å². The van der Waals surface area contributed by atoms with Crippen molar-refractivity contribution in [2.75, 3.05) is 0 Å². The average Bonchev–Trinajstić information content (AvgIpc) is 3.71. The lowest BCUT2D eigenvalue weighted by Crippen LogP contribution is -1.98. The predicted molar refractivity (Wildman–Crippen MR) is 229 cm³/mol. The van der Waals surface area contributed by atoms with E-state index in [0.717, 1.165) is 27.8 Å². The van der Waals surface area contributed by atoms with E-state index < -0.39 is 0 Å². The Kier molecular flexibility index (Phi) is 8.38. The van der Waals surface area contributed by atoms with Crippen LogP contribution in [0, 0.1) is 0 Å². The first kappa shape index (κ1) is 32.7. The standard InChI is InChI=1S/C52H40/c1-7-18-34(19-8-2)47-32-46(49(37-20-14-13-15-21-37)52-45-25-16-22-33(9-3)48(45)40(12-6)51(47)52)36-28-26-35(27-29-36)41-30-31-44-39(11-5)38(10-4)42-23-17-24-43(41)50(42)44/h7-32H,1,3-5H2,2,6H3/b19-8-,34-18+,40-12+. The first-order chi connectivity index (χ1) is 25.6. The van der Waals surface area contributed by atoms with Crippen molar-refractivity contribution < 1.29 is 0 Å². The zero-order valence-electron chi connectivity index (χ0n) is 29.8. The number of hydrogen-bond donors (Lipinski definition) is 0. The summed E-state index contributed by atoms with van der Waals surface area (Å²) in [5, 5.41) is 2.51. The molecule has 0 amide bonds. The van der Waals surface area contributed by atoms with Crippen LogP contribution in [0.15, 0.2) is 178 Å². The maximum Gasteiger partial charge on any atom is -0.000775 e. The fourth-order valence-corrected chi connectivity index (χ4v) is 8.46. The number of allylic oxidation sites excluding steroid dienone is 10. The topological polar surface area (TPSA) is 0 Å². The van der Waals surface area contributed by atoms with Crippen molar-refractivity contribution >= 4 is 39.1 Å². The van der Waals surface area contributed by atoms with Gasteiger partial charge in [-0.3, -0.25) is 0 Å². The summed E-state index contributed by atoms with van der Waals surface area (Å²) in [5.41, 5.74) is 21.6. The highest BCUT2D eigenvalue weighted by molar-refractivity contribution is 6.20. The van der Waals surface area contributed by atoms with Crippen LogP contribution in [0.5, 0.6) is 0 Å². The molecule has 6 aromatic rings. The van der Waals surface area contributed by atoms with Crippen molar-refractivity contribution in [3.05, 3.63) is 211 Å². The average molecular weight is 665 g/mol. The minimum absolute atomic E-state index is 1.12. The largest absolute Gasteiger partial charge is 0.0990 e. The van der Waals surface area contributed by atoms with Gasteiger partial charge in [-0.05, 0) is 131 Å². The lowest BCUT2D eigenvalue weighted by atomic mass is 9.82. The van der Waals surface area contributed by atoms with Crippen molar-refractivity contribution in [2.24, 2.45) is 0 Å². The van der Waals surface area contributed by atoms with Gasteiger partial charge in [0.25, 0.3) is 0 Å². The van der Waals surface area contributed by atoms with Gasteiger partial charge in [0.2, 0.25) is 0 Å². The summed E-state index contributed by atoms with van der Waals surface area (Å²) in [6.07, 6.45) is 16.5. The van der Waals surface area contributed by atoms with E-state index in [2.05, 4.69) is 174 Å². The van der Waals surface area contributed by atoms with E-state index in [-0.39, 0.29) is 0 Å². The molecule has 0 aromatic heterocycles. The van der Waals surface area contributed by atoms with Crippen molar-refractivity contribution in [2.45, 2.75) is 13.8 Å². The summed E-state index contributed by atoms with van der Waals surface area (Å²) < 4.78 is 0. The third kappa shape index (κ3) is 4.91. The van der Waals surface area contributed by atoms with E-state index in [1.54, 1.807) is 0 Å². The molecule has 0 aliphatic heterocycles. The zero-order valence-corrected chi connectivity index (χ0v) is 29.8. The van der Waals surface area contributed by atoms with Crippen LogP contribution in [0.25, 0.3) is 83.6 Å². The lowest BCUT2D eigenvalue weighted by molar-refractivity contribution is 1.52. The van der Waals surface area contributed by atoms with Gasteiger partial charge >= 0.3 is 0 Å². The third-order valence-corrected chi connectivity index (χ3v) is 10.6. The summed E-state index contributed by atoms with van der Waals surface area (Å²) in [7, 11) is 0. The first-order valence-electron chi connectivity index (χ1n) is 17.9. The summed E-state index contributed by atoms with van der Waals surface area (Å²) in [5.74, 6) is 0. The van der Waals surface area contributed by atoms with Crippen molar-refractivity contribution in [3.63, 3.8) is 0 Å².